The lowest BCUT2D eigenvalue weighted by atomic mass is 9.87. The second-order valence-corrected chi connectivity index (χ2v) is 6.92. The number of fused-ring (bicyclic) bond motifs is 2. The molecule has 1 aliphatic heterocycles. The summed E-state index contributed by atoms with van der Waals surface area (Å²) >= 11 is 0. The van der Waals surface area contributed by atoms with E-state index in [4.69, 9.17) is 4.74 Å². The van der Waals surface area contributed by atoms with Gasteiger partial charge in [0.2, 0.25) is 5.91 Å². The van der Waals surface area contributed by atoms with Crippen LogP contribution in [0.3, 0.4) is 0 Å². The van der Waals surface area contributed by atoms with Gasteiger partial charge < -0.3 is 10.1 Å². The van der Waals surface area contributed by atoms with Crippen LogP contribution in [0, 0.1) is 6.92 Å². The number of hydrogen-bond donors (Lipinski definition) is 2. The third kappa shape index (κ3) is 3.14. The molecule has 1 aliphatic rings. The van der Waals surface area contributed by atoms with Gasteiger partial charge in [0.1, 0.15) is 17.3 Å². The number of ether oxygens (including phenoxy) is 1. The van der Waals surface area contributed by atoms with Crippen LogP contribution in [0.2, 0.25) is 0 Å². The van der Waals surface area contributed by atoms with Gasteiger partial charge in [-0.1, -0.05) is 36.4 Å². The van der Waals surface area contributed by atoms with Crippen molar-refractivity contribution in [2.45, 2.75) is 12.8 Å². The summed E-state index contributed by atoms with van der Waals surface area (Å²) in [7, 11) is 0. The van der Waals surface area contributed by atoms with E-state index in [1.54, 1.807) is 0 Å². The van der Waals surface area contributed by atoms with Gasteiger partial charge in [-0.3, -0.25) is 9.89 Å². The number of para-hydroxylation sites is 2. The van der Waals surface area contributed by atoms with E-state index in [1.165, 1.54) is 0 Å². The number of nitrogens with one attached hydrogen (secondary N) is 2. The number of nitrogens with zero attached hydrogens (tertiary/aromatic N) is 2. The molecule has 1 aromatic heterocycles. The standard InChI is InChI=1S/C23H18N4O2/c1-14-24-22(27-26-14)15-10-12-16(13-11-15)25-23(28)21-17-6-2-4-8-19(17)29-20-9-5-3-7-18(20)21/h2-13,21H,1H3,(H,25,28)(H,24,26,27). The Morgan fingerprint density at radius 3 is 2.14 bits per heavy atom. The van der Waals surface area contributed by atoms with Gasteiger partial charge in [0, 0.05) is 22.4 Å². The van der Waals surface area contributed by atoms with E-state index < -0.39 is 5.92 Å². The molecule has 29 heavy (non-hydrogen) atoms. The Bertz CT molecular complexity index is 1150. The SMILES string of the molecule is Cc1nc(-c2ccc(NC(=O)C3c4ccccc4Oc4ccccc43)cc2)n[nH]1. The minimum atomic E-state index is -0.438. The van der Waals surface area contributed by atoms with E-state index in [0.29, 0.717) is 23.0 Å². The van der Waals surface area contributed by atoms with Crippen LogP contribution in [0.5, 0.6) is 11.5 Å². The highest BCUT2D eigenvalue weighted by Gasteiger charge is 2.32. The number of aromatic amines is 1. The number of amides is 1. The van der Waals surface area contributed by atoms with Crippen molar-refractivity contribution in [1.82, 2.24) is 15.2 Å². The number of carbonyl (C=O) groups is 1. The number of benzene rings is 3. The van der Waals surface area contributed by atoms with Crippen molar-refractivity contribution in [3.05, 3.63) is 89.7 Å². The van der Waals surface area contributed by atoms with Crippen LogP contribution < -0.4 is 10.1 Å². The van der Waals surface area contributed by atoms with Crippen molar-refractivity contribution in [2.24, 2.45) is 0 Å². The van der Waals surface area contributed by atoms with Gasteiger partial charge in [0.25, 0.3) is 0 Å². The second kappa shape index (κ2) is 6.91. The van der Waals surface area contributed by atoms with Crippen LogP contribution in [-0.4, -0.2) is 21.1 Å². The van der Waals surface area contributed by atoms with E-state index in [2.05, 4.69) is 20.5 Å². The number of aryl methyl sites for hydroxylation is 1. The first-order valence-corrected chi connectivity index (χ1v) is 9.35. The van der Waals surface area contributed by atoms with E-state index in [0.717, 1.165) is 22.5 Å². The van der Waals surface area contributed by atoms with Gasteiger partial charge in [0.15, 0.2) is 5.82 Å². The Morgan fingerprint density at radius 1 is 0.931 bits per heavy atom. The summed E-state index contributed by atoms with van der Waals surface area (Å²) in [6.07, 6.45) is 0. The van der Waals surface area contributed by atoms with Gasteiger partial charge in [-0.25, -0.2) is 4.98 Å². The molecule has 6 heteroatoms. The molecule has 0 unspecified atom stereocenters. The van der Waals surface area contributed by atoms with E-state index >= 15 is 0 Å². The molecule has 0 radical (unpaired) electrons. The third-order valence-corrected chi connectivity index (χ3v) is 4.95. The first kappa shape index (κ1) is 17.2. The molecule has 0 atom stereocenters. The largest absolute Gasteiger partial charge is 0.457 e. The number of anilines is 1. The fourth-order valence-corrected chi connectivity index (χ4v) is 3.58. The van der Waals surface area contributed by atoms with Gasteiger partial charge >= 0.3 is 0 Å². The Labute approximate surface area is 167 Å². The highest BCUT2D eigenvalue weighted by Crippen LogP contribution is 2.44. The summed E-state index contributed by atoms with van der Waals surface area (Å²) in [6.45, 7) is 1.86. The molecule has 2 N–H and O–H groups in total. The second-order valence-electron chi connectivity index (χ2n) is 6.92. The average molecular weight is 382 g/mol. The molecule has 0 aliphatic carbocycles. The lowest BCUT2D eigenvalue weighted by molar-refractivity contribution is -0.116. The maximum atomic E-state index is 13.3. The molecule has 0 bridgehead atoms. The summed E-state index contributed by atoms with van der Waals surface area (Å²) in [5.74, 6) is 2.27. The molecular formula is C23H18N4O2. The van der Waals surface area contributed by atoms with Gasteiger partial charge in [-0.2, -0.15) is 5.10 Å². The Hall–Kier alpha value is -3.93. The van der Waals surface area contributed by atoms with E-state index in [1.807, 2.05) is 79.7 Å². The molecule has 2 heterocycles. The first-order chi connectivity index (χ1) is 14.2. The van der Waals surface area contributed by atoms with E-state index in [-0.39, 0.29) is 5.91 Å². The van der Waals surface area contributed by atoms with Crippen LogP contribution in [-0.2, 0) is 4.79 Å². The molecular weight excluding hydrogens is 364 g/mol. The maximum Gasteiger partial charge on any atom is 0.236 e. The normalized spacial score (nSPS) is 12.6. The molecule has 1 amide bonds. The Morgan fingerprint density at radius 2 is 1.55 bits per heavy atom. The van der Waals surface area contributed by atoms with Gasteiger partial charge in [0.05, 0.1) is 5.92 Å². The molecule has 0 spiro atoms. The van der Waals surface area contributed by atoms with Crippen LogP contribution in [0.25, 0.3) is 11.4 Å². The monoisotopic (exact) mass is 382 g/mol. The molecule has 4 aromatic rings. The number of H-pyrrole nitrogens is 1. The Kier molecular flexibility index (Phi) is 4.09. The summed E-state index contributed by atoms with van der Waals surface area (Å²) in [6, 6.07) is 22.8. The zero-order valence-corrected chi connectivity index (χ0v) is 15.7. The van der Waals surface area contributed by atoms with Crippen molar-refractivity contribution in [3.63, 3.8) is 0 Å². The van der Waals surface area contributed by atoms with Crippen LogP contribution in [0.15, 0.2) is 72.8 Å². The fraction of sp³-hybridized carbons (Fsp3) is 0.0870. The maximum absolute atomic E-state index is 13.3. The summed E-state index contributed by atoms with van der Waals surface area (Å²) in [5, 5.41) is 10.0. The number of aromatic nitrogens is 3. The average Bonchev–Trinajstić information content (AvgIpc) is 3.18. The van der Waals surface area contributed by atoms with Crippen LogP contribution >= 0.6 is 0 Å². The van der Waals surface area contributed by atoms with Crippen molar-refractivity contribution in [2.75, 3.05) is 5.32 Å². The van der Waals surface area contributed by atoms with Gasteiger partial charge in [-0.05, 0) is 43.3 Å². The lowest BCUT2D eigenvalue weighted by Crippen LogP contribution is -2.25. The number of hydrogen-bond acceptors (Lipinski definition) is 4. The third-order valence-electron chi connectivity index (χ3n) is 4.95. The zero-order valence-electron chi connectivity index (χ0n) is 15.7. The fourth-order valence-electron chi connectivity index (χ4n) is 3.58. The quantitative estimate of drug-likeness (QED) is 0.540. The minimum Gasteiger partial charge on any atom is -0.457 e. The smallest absolute Gasteiger partial charge is 0.236 e. The predicted molar refractivity (Wildman–Crippen MR) is 110 cm³/mol. The predicted octanol–water partition coefficient (Wildman–Crippen LogP) is 4.66. The molecule has 142 valence electrons. The highest BCUT2D eigenvalue weighted by molar-refractivity contribution is 5.99. The highest BCUT2D eigenvalue weighted by atomic mass is 16.5. The Balaban J connectivity index is 1.44. The van der Waals surface area contributed by atoms with Crippen molar-refractivity contribution in [1.29, 1.82) is 0 Å². The number of rotatable bonds is 3. The zero-order chi connectivity index (χ0) is 19.8. The number of carbonyl (C=O) groups excluding carboxylic acids is 1. The van der Waals surface area contributed by atoms with Crippen molar-refractivity contribution >= 4 is 11.6 Å². The molecule has 0 fully saturated rings. The lowest BCUT2D eigenvalue weighted by Gasteiger charge is -2.27. The van der Waals surface area contributed by atoms with E-state index in [9.17, 15) is 4.79 Å². The molecule has 3 aromatic carbocycles. The van der Waals surface area contributed by atoms with Crippen molar-refractivity contribution < 1.29 is 9.53 Å². The molecule has 0 saturated carbocycles. The first-order valence-electron chi connectivity index (χ1n) is 9.35. The molecule has 0 saturated heterocycles. The van der Waals surface area contributed by atoms with Crippen LogP contribution in [0.1, 0.15) is 22.9 Å². The summed E-state index contributed by atoms with van der Waals surface area (Å²) in [5.41, 5.74) is 3.31. The minimum absolute atomic E-state index is 0.102. The summed E-state index contributed by atoms with van der Waals surface area (Å²) < 4.78 is 5.98. The summed E-state index contributed by atoms with van der Waals surface area (Å²) in [4.78, 5) is 17.6. The van der Waals surface area contributed by atoms with Gasteiger partial charge in [-0.15, -0.1) is 0 Å². The van der Waals surface area contributed by atoms with Crippen LogP contribution in [0.4, 0.5) is 5.69 Å². The topological polar surface area (TPSA) is 79.9 Å². The molecule has 6 nitrogen and oxygen atoms in total. The molecule has 5 rings (SSSR count). The van der Waals surface area contributed by atoms with Crippen molar-refractivity contribution in [3.8, 4) is 22.9 Å².